The third-order valence-corrected chi connectivity index (χ3v) is 2.50. The molecule has 64 valence electrons. The molecular weight excluding hydrogens is 174 g/mol. The van der Waals surface area contributed by atoms with Crippen molar-refractivity contribution < 1.29 is 4.92 Å². The van der Waals surface area contributed by atoms with E-state index >= 15 is 0 Å². The fourth-order valence-corrected chi connectivity index (χ4v) is 1.69. The molecule has 0 unspecified atom stereocenters. The summed E-state index contributed by atoms with van der Waals surface area (Å²) >= 11 is 1.51. The molecule has 0 atom stereocenters. The van der Waals surface area contributed by atoms with Gasteiger partial charge in [-0.3, -0.25) is 10.1 Å². The molecule has 0 saturated heterocycles. The standard InChI is InChI=1S/C8H9NO2S/c1-6-3-4-12-8(6)5-7(2)9(10)11/h3-5H,1-2H3. The van der Waals surface area contributed by atoms with E-state index in [0.29, 0.717) is 0 Å². The van der Waals surface area contributed by atoms with Gasteiger partial charge in [-0.25, -0.2) is 0 Å². The van der Waals surface area contributed by atoms with Crippen molar-refractivity contribution in [3.63, 3.8) is 0 Å². The van der Waals surface area contributed by atoms with Gasteiger partial charge in [0.2, 0.25) is 5.70 Å². The van der Waals surface area contributed by atoms with Gasteiger partial charge < -0.3 is 0 Å². The van der Waals surface area contributed by atoms with Crippen LogP contribution in [0.1, 0.15) is 17.4 Å². The average Bonchev–Trinajstić information content (AvgIpc) is 2.36. The highest BCUT2D eigenvalue weighted by molar-refractivity contribution is 7.11. The highest BCUT2D eigenvalue weighted by Crippen LogP contribution is 2.18. The van der Waals surface area contributed by atoms with Crippen LogP contribution in [0.2, 0.25) is 0 Å². The second-order valence-corrected chi connectivity index (χ2v) is 3.46. The first kappa shape index (κ1) is 8.93. The van der Waals surface area contributed by atoms with E-state index in [1.807, 2.05) is 18.4 Å². The number of nitrogens with zero attached hydrogens (tertiary/aromatic N) is 1. The first-order chi connectivity index (χ1) is 5.61. The van der Waals surface area contributed by atoms with Crippen molar-refractivity contribution in [3.05, 3.63) is 37.7 Å². The van der Waals surface area contributed by atoms with Crippen molar-refractivity contribution in [2.75, 3.05) is 0 Å². The molecular formula is C8H9NO2S. The Morgan fingerprint density at radius 3 is 2.83 bits per heavy atom. The Morgan fingerprint density at radius 2 is 2.42 bits per heavy atom. The summed E-state index contributed by atoms with van der Waals surface area (Å²) in [6, 6.07) is 1.95. The third kappa shape index (κ3) is 1.92. The zero-order chi connectivity index (χ0) is 9.14. The molecule has 3 nitrogen and oxygen atoms in total. The number of rotatable bonds is 2. The smallest absolute Gasteiger partial charge is 0.244 e. The molecule has 1 aromatic heterocycles. The van der Waals surface area contributed by atoms with Crippen LogP contribution in [0.25, 0.3) is 6.08 Å². The fraction of sp³-hybridized carbons (Fsp3) is 0.250. The molecule has 1 aromatic rings. The Kier molecular flexibility index (Phi) is 2.60. The van der Waals surface area contributed by atoms with Gasteiger partial charge in [-0.1, -0.05) is 0 Å². The average molecular weight is 183 g/mol. The number of allylic oxidation sites excluding steroid dienone is 1. The van der Waals surface area contributed by atoms with Crippen molar-refractivity contribution in [2.45, 2.75) is 13.8 Å². The molecule has 0 amide bonds. The number of hydrogen-bond donors (Lipinski definition) is 0. The van der Waals surface area contributed by atoms with Gasteiger partial charge in [0.25, 0.3) is 0 Å². The van der Waals surface area contributed by atoms with Gasteiger partial charge in [0.1, 0.15) is 0 Å². The lowest BCUT2D eigenvalue weighted by molar-refractivity contribution is -0.422. The lowest BCUT2D eigenvalue weighted by atomic mass is 10.2. The number of hydrogen-bond acceptors (Lipinski definition) is 3. The van der Waals surface area contributed by atoms with E-state index in [2.05, 4.69) is 0 Å². The second kappa shape index (κ2) is 3.49. The quantitative estimate of drug-likeness (QED) is 0.522. The molecule has 0 radical (unpaired) electrons. The van der Waals surface area contributed by atoms with Crippen LogP contribution in [0.15, 0.2) is 17.1 Å². The predicted octanol–water partition coefficient (Wildman–Crippen LogP) is 2.69. The molecule has 0 aromatic carbocycles. The molecule has 0 fully saturated rings. The highest BCUT2D eigenvalue weighted by atomic mass is 32.1. The minimum absolute atomic E-state index is 0.181. The van der Waals surface area contributed by atoms with Gasteiger partial charge in [0.15, 0.2) is 0 Å². The van der Waals surface area contributed by atoms with Crippen LogP contribution in [-0.2, 0) is 0 Å². The first-order valence-corrected chi connectivity index (χ1v) is 4.36. The van der Waals surface area contributed by atoms with Crippen molar-refractivity contribution in [1.29, 1.82) is 0 Å². The van der Waals surface area contributed by atoms with E-state index < -0.39 is 0 Å². The van der Waals surface area contributed by atoms with Crippen LogP contribution in [0, 0.1) is 17.0 Å². The normalized spacial score (nSPS) is 11.7. The molecule has 4 heteroatoms. The van der Waals surface area contributed by atoms with Crippen molar-refractivity contribution >= 4 is 17.4 Å². The number of thiophene rings is 1. The summed E-state index contributed by atoms with van der Waals surface area (Å²) in [5.41, 5.74) is 1.27. The van der Waals surface area contributed by atoms with Crippen LogP contribution < -0.4 is 0 Å². The molecule has 0 aliphatic carbocycles. The van der Waals surface area contributed by atoms with Gasteiger partial charge in [0, 0.05) is 17.9 Å². The van der Waals surface area contributed by atoms with Gasteiger partial charge in [-0.15, -0.1) is 11.3 Å². The Bertz CT molecular complexity index is 328. The number of nitro groups is 1. The van der Waals surface area contributed by atoms with E-state index in [0.717, 1.165) is 10.4 Å². The van der Waals surface area contributed by atoms with Crippen LogP contribution in [0.5, 0.6) is 0 Å². The SMILES string of the molecule is CC(=Cc1sccc1C)[N+](=O)[O-]. The Hall–Kier alpha value is -1.16. The summed E-state index contributed by atoms with van der Waals surface area (Å²) in [5, 5.41) is 12.2. The topological polar surface area (TPSA) is 43.1 Å². The monoisotopic (exact) mass is 183 g/mol. The lowest BCUT2D eigenvalue weighted by Gasteiger charge is -1.90. The number of aryl methyl sites for hydroxylation is 1. The summed E-state index contributed by atoms with van der Waals surface area (Å²) in [5.74, 6) is 0. The van der Waals surface area contributed by atoms with Crippen molar-refractivity contribution in [1.82, 2.24) is 0 Å². The molecule has 0 aliphatic rings. The largest absolute Gasteiger partial charge is 0.259 e. The summed E-state index contributed by atoms with van der Waals surface area (Å²) in [6.07, 6.45) is 1.60. The van der Waals surface area contributed by atoms with Gasteiger partial charge in [-0.2, -0.15) is 0 Å². The molecule has 12 heavy (non-hydrogen) atoms. The molecule has 0 spiro atoms. The maximum absolute atomic E-state index is 10.3. The van der Waals surface area contributed by atoms with Crippen LogP contribution in [-0.4, -0.2) is 4.92 Å². The second-order valence-electron chi connectivity index (χ2n) is 2.51. The van der Waals surface area contributed by atoms with Crippen LogP contribution >= 0.6 is 11.3 Å². The van der Waals surface area contributed by atoms with Gasteiger partial charge >= 0.3 is 0 Å². The highest BCUT2D eigenvalue weighted by Gasteiger charge is 2.04. The minimum atomic E-state index is -0.376. The zero-order valence-corrected chi connectivity index (χ0v) is 7.72. The van der Waals surface area contributed by atoms with E-state index in [4.69, 9.17) is 0 Å². The summed E-state index contributed by atoms with van der Waals surface area (Å²) < 4.78 is 0. The first-order valence-electron chi connectivity index (χ1n) is 3.48. The zero-order valence-electron chi connectivity index (χ0n) is 6.90. The van der Waals surface area contributed by atoms with E-state index in [1.54, 1.807) is 6.08 Å². The molecule has 0 aliphatic heterocycles. The van der Waals surface area contributed by atoms with E-state index in [-0.39, 0.29) is 10.6 Å². The molecule has 0 N–H and O–H groups in total. The van der Waals surface area contributed by atoms with Crippen LogP contribution in [0.3, 0.4) is 0 Å². The fourth-order valence-electron chi connectivity index (χ4n) is 0.775. The van der Waals surface area contributed by atoms with Crippen LogP contribution in [0.4, 0.5) is 0 Å². The lowest BCUT2D eigenvalue weighted by Crippen LogP contribution is -1.92. The van der Waals surface area contributed by atoms with E-state index in [9.17, 15) is 10.1 Å². The summed E-state index contributed by atoms with van der Waals surface area (Å²) in [7, 11) is 0. The van der Waals surface area contributed by atoms with E-state index in [1.165, 1.54) is 18.3 Å². The third-order valence-electron chi connectivity index (χ3n) is 1.53. The Labute approximate surface area is 74.5 Å². The maximum Gasteiger partial charge on any atom is 0.244 e. The predicted molar refractivity (Wildman–Crippen MR) is 49.7 cm³/mol. The Balaban J connectivity index is 2.95. The molecule has 0 saturated carbocycles. The molecule has 1 rings (SSSR count). The molecule has 1 heterocycles. The van der Waals surface area contributed by atoms with Crippen molar-refractivity contribution in [3.8, 4) is 0 Å². The summed E-state index contributed by atoms with van der Waals surface area (Å²) in [6.45, 7) is 3.44. The summed E-state index contributed by atoms with van der Waals surface area (Å²) in [4.78, 5) is 10.9. The van der Waals surface area contributed by atoms with Gasteiger partial charge in [-0.05, 0) is 23.9 Å². The minimum Gasteiger partial charge on any atom is -0.259 e. The molecule has 0 bridgehead atoms. The maximum atomic E-state index is 10.3. The van der Waals surface area contributed by atoms with Crippen molar-refractivity contribution in [2.24, 2.45) is 0 Å². The van der Waals surface area contributed by atoms with Gasteiger partial charge in [0.05, 0.1) is 4.92 Å². The Morgan fingerprint density at radius 1 is 1.75 bits per heavy atom.